The molecular formula is C8H12F4OS. The molecule has 0 fully saturated rings. The molecule has 6 heteroatoms. The van der Waals surface area contributed by atoms with Gasteiger partial charge in [0, 0.05) is 19.1 Å². The standard InChI is InChI=1S/C8H12F4OS/c1-6(13)14-4-3-8(11,12)5-7(2,9)10/h3-5H2,1-2H3. The zero-order valence-corrected chi connectivity index (χ0v) is 8.77. The molecular weight excluding hydrogens is 220 g/mol. The largest absolute Gasteiger partial charge is 0.288 e. The van der Waals surface area contributed by atoms with Crippen molar-refractivity contribution in [2.75, 3.05) is 5.75 Å². The molecule has 0 aromatic carbocycles. The van der Waals surface area contributed by atoms with E-state index in [1.165, 1.54) is 6.92 Å². The summed E-state index contributed by atoms with van der Waals surface area (Å²) >= 11 is 0.720. The molecule has 0 saturated heterocycles. The minimum atomic E-state index is -3.40. The summed E-state index contributed by atoms with van der Waals surface area (Å²) in [5.74, 6) is -6.90. The Labute approximate surface area is 84.2 Å². The van der Waals surface area contributed by atoms with Gasteiger partial charge < -0.3 is 0 Å². The van der Waals surface area contributed by atoms with Crippen molar-refractivity contribution in [3.8, 4) is 0 Å². The summed E-state index contributed by atoms with van der Waals surface area (Å²) in [7, 11) is 0. The van der Waals surface area contributed by atoms with Gasteiger partial charge in [-0.2, -0.15) is 0 Å². The summed E-state index contributed by atoms with van der Waals surface area (Å²) in [6.45, 7) is 1.70. The molecule has 0 aromatic rings. The van der Waals surface area contributed by atoms with Gasteiger partial charge in [0.2, 0.25) is 0 Å². The Balaban J connectivity index is 3.89. The van der Waals surface area contributed by atoms with Crippen molar-refractivity contribution in [2.45, 2.75) is 38.5 Å². The van der Waals surface area contributed by atoms with Crippen LogP contribution in [0.3, 0.4) is 0 Å². The van der Waals surface area contributed by atoms with Crippen LogP contribution in [0, 0.1) is 0 Å². The molecule has 0 saturated carbocycles. The van der Waals surface area contributed by atoms with Gasteiger partial charge in [-0.1, -0.05) is 11.8 Å². The number of carbonyl (C=O) groups excluding carboxylic acids is 1. The maximum Gasteiger partial charge on any atom is 0.254 e. The molecule has 0 aliphatic carbocycles. The van der Waals surface area contributed by atoms with Crippen LogP contribution in [-0.2, 0) is 4.79 Å². The first-order chi connectivity index (χ1) is 6.12. The fourth-order valence-electron chi connectivity index (χ4n) is 0.887. The fourth-order valence-corrected chi connectivity index (χ4v) is 1.57. The third kappa shape index (κ3) is 8.34. The number of hydrogen-bond acceptors (Lipinski definition) is 2. The molecule has 0 radical (unpaired) electrons. The van der Waals surface area contributed by atoms with Gasteiger partial charge in [0.15, 0.2) is 5.12 Å². The molecule has 0 aliphatic rings. The van der Waals surface area contributed by atoms with E-state index in [0.29, 0.717) is 6.92 Å². The van der Waals surface area contributed by atoms with E-state index < -0.39 is 24.7 Å². The van der Waals surface area contributed by atoms with E-state index in [1.807, 2.05) is 0 Å². The lowest BCUT2D eigenvalue weighted by atomic mass is 10.1. The third-order valence-corrected chi connectivity index (χ3v) is 2.16. The molecule has 0 heterocycles. The van der Waals surface area contributed by atoms with Gasteiger partial charge in [0.1, 0.15) is 0 Å². The lowest BCUT2D eigenvalue weighted by Gasteiger charge is -2.19. The number of rotatable bonds is 5. The van der Waals surface area contributed by atoms with E-state index in [1.54, 1.807) is 0 Å². The quantitative estimate of drug-likeness (QED) is 0.676. The van der Waals surface area contributed by atoms with Crippen molar-refractivity contribution >= 4 is 16.9 Å². The summed E-state index contributed by atoms with van der Waals surface area (Å²) in [5.41, 5.74) is 0. The third-order valence-electron chi connectivity index (χ3n) is 1.34. The molecule has 0 N–H and O–H groups in total. The smallest absolute Gasteiger partial charge is 0.254 e. The Morgan fingerprint density at radius 2 is 1.79 bits per heavy atom. The van der Waals surface area contributed by atoms with Crippen molar-refractivity contribution in [1.29, 1.82) is 0 Å². The van der Waals surface area contributed by atoms with Crippen molar-refractivity contribution in [3.63, 3.8) is 0 Å². The number of thioether (sulfide) groups is 1. The summed E-state index contributed by atoms with van der Waals surface area (Å²) in [6.07, 6.45) is -2.15. The van der Waals surface area contributed by atoms with Crippen LogP contribution < -0.4 is 0 Å². The number of alkyl halides is 4. The first-order valence-corrected chi connectivity index (χ1v) is 5.00. The first kappa shape index (κ1) is 13.7. The molecule has 0 amide bonds. The van der Waals surface area contributed by atoms with Crippen molar-refractivity contribution in [3.05, 3.63) is 0 Å². The van der Waals surface area contributed by atoms with Gasteiger partial charge in [0.25, 0.3) is 11.8 Å². The van der Waals surface area contributed by atoms with Gasteiger partial charge in [-0.15, -0.1) is 0 Å². The van der Waals surface area contributed by atoms with Crippen molar-refractivity contribution in [1.82, 2.24) is 0 Å². The Kier molecular flexibility index (Phi) is 4.91. The topological polar surface area (TPSA) is 17.1 Å². The number of halogens is 4. The Morgan fingerprint density at radius 3 is 2.14 bits per heavy atom. The van der Waals surface area contributed by atoms with Crippen molar-refractivity contribution in [2.24, 2.45) is 0 Å². The average molecular weight is 232 g/mol. The van der Waals surface area contributed by atoms with E-state index in [4.69, 9.17) is 0 Å². The van der Waals surface area contributed by atoms with Crippen LogP contribution in [0.1, 0.15) is 26.7 Å². The minimum absolute atomic E-state index is 0.127. The molecule has 1 nitrogen and oxygen atoms in total. The van der Waals surface area contributed by atoms with E-state index in [2.05, 4.69) is 0 Å². The molecule has 0 aliphatic heterocycles. The minimum Gasteiger partial charge on any atom is -0.288 e. The summed E-state index contributed by atoms with van der Waals surface area (Å²) in [6, 6.07) is 0. The van der Waals surface area contributed by atoms with Crippen LogP contribution in [-0.4, -0.2) is 22.7 Å². The molecule has 0 rings (SSSR count). The lowest BCUT2D eigenvalue weighted by Crippen LogP contribution is -2.27. The van der Waals surface area contributed by atoms with Gasteiger partial charge in [-0.05, 0) is 6.92 Å². The highest BCUT2D eigenvalue weighted by Crippen LogP contribution is 2.33. The number of carbonyl (C=O) groups is 1. The van der Waals surface area contributed by atoms with Gasteiger partial charge >= 0.3 is 0 Å². The highest BCUT2D eigenvalue weighted by Gasteiger charge is 2.39. The molecule has 0 atom stereocenters. The van der Waals surface area contributed by atoms with Crippen LogP contribution in [0.15, 0.2) is 0 Å². The summed E-state index contributed by atoms with van der Waals surface area (Å²) in [5, 5.41) is -0.288. The van der Waals surface area contributed by atoms with E-state index in [-0.39, 0.29) is 10.9 Å². The van der Waals surface area contributed by atoms with Crippen LogP contribution in [0.2, 0.25) is 0 Å². The Bertz CT molecular complexity index is 200. The molecule has 14 heavy (non-hydrogen) atoms. The molecule has 0 bridgehead atoms. The second kappa shape index (κ2) is 5.00. The highest BCUT2D eigenvalue weighted by atomic mass is 32.2. The second-order valence-electron chi connectivity index (χ2n) is 3.19. The van der Waals surface area contributed by atoms with Crippen LogP contribution >= 0.6 is 11.8 Å². The lowest BCUT2D eigenvalue weighted by molar-refractivity contribution is -0.109. The van der Waals surface area contributed by atoms with E-state index in [9.17, 15) is 22.4 Å². The first-order valence-electron chi connectivity index (χ1n) is 4.01. The van der Waals surface area contributed by atoms with E-state index in [0.717, 1.165) is 11.8 Å². The Morgan fingerprint density at radius 1 is 1.29 bits per heavy atom. The Hall–Kier alpha value is -0.260. The van der Waals surface area contributed by atoms with Crippen LogP contribution in [0.5, 0.6) is 0 Å². The molecule has 0 spiro atoms. The van der Waals surface area contributed by atoms with Gasteiger partial charge in [-0.25, -0.2) is 17.6 Å². The zero-order valence-electron chi connectivity index (χ0n) is 7.95. The highest BCUT2D eigenvalue weighted by molar-refractivity contribution is 8.13. The maximum atomic E-state index is 12.8. The van der Waals surface area contributed by atoms with Gasteiger partial charge in [-0.3, -0.25) is 4.79 Å². The molecule has 0 unspecified atom stereocenters. The van der Waals surface area contributed by atoms with Gasteiger partial charge in [0.05, 0.1) is 6.42 Å². The average Bonchev–Trinajstić information content (AvgIpc) is 1.78. The molecule has 0 aromatic heterocycles. The second-order valence-corrected chi connectivity index (χ2v) is 4.46. The predicted octanol–water partition coefficient (Wildman–Crippen LogP) is 3.34. The van der Waals surface area contributed by atoms with Crippen molar-refractivity contribution < 1.29 is 22.4 Å². The fraction of sp³-hybridized carbons (Fsp3) is 0.875. The predicted molar refractivity (Wildman–Crippen MR) is 47.9 cm³/mol. The SMILES string of the molecule is CC(=O)SCCC(F)(F)CC(C)(F)F. The van der Waals surface area contributed by atoms with E-state index >= 15 is 0 Å². The molecule has 84 valence electrons. The zero-order chi connectivity index (χ0) is 11.4. The summed E-state index contributed by atoms with van der Waals surface area (Å²) in [4.78, 5) is 10.4. The maximum absolute atomic E-state index is 12.8. The normalized spacial score (nSPS) is 13.0. The van der Waals surface area contributed by atoms with Crippen LogP contribution in [0.4, 0.5) is 17.6 Å². The summed E-state index contributed by atoms with van der Waals surface area (Å²) < 4.78 is 50.0. The monoisotopic (exact) mass is 232 g/mol. The van der Waals surface area contributed by atoms with Crippen LogP contribution in [0.25, 0.3) is 0 Å². The number of hydrogen-bond donors (Lipinski definition) is 0.